The molecule has 0 aromatic carbocycles. The molecule has 0 atom stereocenters. The molecule has 1 amide bonds. The normalized spacial score (nSPS) is 21.5. The molecule has 6 heteroatoms. The van der Waals surface area contributed by atoms with Crippen molar-refractivity contribution in [3.63, 3.8) is 0 Å². The fourth-order valence-electron chi connectivity index (χ4n) is 4.02. The van der Waals surface area contributed by atoms with Crippen LogP contribution in [0.25, 0.3) is 0 Å². The Morgan fingerprint density at radius 2 is 1.96 bits per heavy atom. The average molecular weight is 337 g/mol. The molecule has 1 aromatic heterocycles. The molecule has 0 bridgehead atoms. The van der Waals surface area contributed by atoms with Crippen LogP contribution in [0.15, 0.2) is 6.20 Å². The summed E-state index contributed by atoms with van der Waals surface area (Å²) in [5.41, 5.74) is 0.403. The standard InChI is InChI=1S/C17H25ClN4O/c1-4-17(5-2)11-22(12-8-6-7-9-12)14-13(21(3)15(17)23)10-19-16(18)20-14/h10,12H,4-9,11H2,1-3H3. The number of nitrogens with zero attached hydrogens (tertiary/aromatic N) is 4. The average Bonchev–Trinajstić information content (AvgIpc) is 3.07. The summed E-state index contributed by atoms with van der Waals surface area (Å²) >= 11 is 6.07. The van der Waals surface area contributed by atoms with Gasteiger partial charge in [-0.05, 0) is 37.3 Å². The van der Waals surface area contributed by atoms with E-state index >= 15 is 0 Å². The van der Waals surface area contributed by atoms with Crippen LogP contribution in [0, 0.1) is 5.41 Å². The van der Waals surface area contributed by atoms with Gasteiger partial charge in [0.15, 0.2) is 5.82 Å². The lowest BCUT2D eigenvalue weighted by atomic mass is 9.80. The fourth-order valence-corrected chi connectivity index (χ4v) is 4.15. The van der Waals surface area contributed by atoms with Crippen LogP contribution >= 0.6 is 11.6 Å². The minimum atomic E-state index is -0.371. The van der Waals surface area contributed by atoms with E-state index in [1.165, 1.54) is 12.8 Å². The summed E-state index contributed by atoms with van der Waals surface area (Å²) in [6, 6.07) is 0.441. The maximum absolute atomic E-state index is 13.1. The van der Waals surface area contributed by atoms with Crippen LogP contribution in [0.2, 0.25) is 5.28 Å². The zero-order valence-electron chi connectivity index (χ0n) is 14.2. The van der Waals surface area contributed by atoms with E-state index < -0.39 is 0 Å². The second-order valence-electron chi connectivity index (χ2n) is 6.77. The van der Waals surface area contributed by atoms with Crippen LogP contribution in [0.4, 0.5) is 11.5 Å². The van der Waals surface area contributed by atoms with Crippen molar-refractivity contribution in [3.05, 3.63) is 11.5 Å². The molecule has 2 heterocycles. The molecule has 1 fully saturated rings. The van der Waals surface area contributed by atoms with E-state index in [0.29, 0.717) is 12.6 Å². The summed E-state index contributed by atoms with van der Waals surface area (Å²) in [7, 11) is 1.83. The number of carbonyl (C=O) groups excluding carboxylic acids is 1. The summed E-state index contributed by atoms with van der Waals surface area (Å²) in [6.07, 6.45) is 8.13. The molecular weight excluding hydrogens is 312 g/mol. The Bertz CT molecular complexity index is 596. The van der Waals surface area contributed by atoms with Crippen molar-refractivity contribution in [1.29, 1.82) is 0 Å². The van der Waals surface area contributed by atoms with Crippen LogP contribution in [-0.2, 0) is 4.79 Å². The lowest BCUT2D eigenvalue weighted by molar-refractivity contribution is -0.127. The summed E-state index contributed by atoms with van der Waals surface area (Å²) in [5, 5.41) is 0.244. The van der Waals surface area contributed by atoms with Gasteiger partial charge in [0.2, 0.25) is 11.2 Å². The van der Waals surface area contributed by atoms with Gasteiger partial charge in [-0.15, -0.1) is 0 Å². The Morgan fingerprint density at radius 3 is 2.57 bits per heavy atom. The molecule has 5 nitrogen and oxygen atoms in total. The minimum absolute atomic E-state index is 0.162. The van der Waals surface area contributed by atoms with Crippen molar-refractivity contribution in [2.24, 2.45) is 5.41 Å². The van der Waals surface area contributed by atoms with Gasteiger partial charge >= 0.3 is 0 Å². The Kier molecular flexibility index (Phi) is 4.50. The number of carbonyl (C=O) groups is 1. The third-order valence-corrected chi connectivity index (χ3v) is 5.89. The smallest absolute Gasteiger partial charge is 0.234 e. The van der Waals surface area contributed by atoms with Gasteiger partial charge in [-0.3, -0.25) is 4.79 Å². The first-order chi connectivity index (χ1) is 11.0. The van der Waals surface area contributed by atoms with Crippen LogP contribution in [0.1, 0.15) is 52.4 Å². The number of amides is 1. The Hall–Kier alpha value is -1.36. The molecule has 1 aromatic rings. The number of anilines is 2. The van der Waals surface area contributed by atoms with Gasteiger partial charge in [0.25, 0.3) is 0 Å². The maximum atomic E-state index is 13.1. The molecule has 0 radical (unpaired) electrons. The predicted octanol–water partition coefficient (Wildman–Crippen LogP) is 3.66. The molecule has 3 rings (SSSR count). The summed E-state index contributed by atoms with van der Waals surface area (Å²) in [5.74, 6) is 0.978. The van der Waals surface area contributed by atoms with E-state index in [9.17, 15) is 4.79 Å². The number of aromatic nitrogens is 2. The second-order valence-corrected chi connectivity index (χ2v) is 7.10. The molecule has 2 aliphatic rings. The van der Waals surface area contributed by atoms with Crippen LogP contribution in [-0.4, -0.2) is 35.5 Å². The van der Waals surface area contributed by atoms with Gasteiger partial charge in [-0.25, -0.2) is 4.98 Å². The van der Waals surface area contributed by atoms with Gasteiger partial charge in [0.05, 0.1) is 11.6 Å². The first-order valence-corrected chi connectivity index (χ1v) is 8.97. The SMILES string of the molecule is CCC1(CC)CN(C2CCCC2)c2nc(Cl)ncc2N(C)C1=O. The minimum Gasteiger partial charge on any atom is -0.351 e. The van der Waals surface area contributed by atoms with E-state index in [1.54, 1.807) is 11.1 Å². The fraction of sp³-hybridized carbons (Fsp3) is 0.706. The highest BCUT2D eigenvalue weighted by Gasteiger charge is 2.45. The van der Waals surface area contributed by atoms with Crippen LogP contribution in [0.3, 0.4) is 0 Å². The van der Waals surface area contributed by atoms with E-state index in [0.717, 1.165) is 37.2 Å². The number of halogens is 1. The molecule has 1 saturated carbocycles. The van der Waals surface area contributed by atoms with Crippen molar-refractivity contribution in [2.45, 2.75) is 58.4 Å². The van der Waals surface area contributed by atoms with Crippen molar-refractivity contribution in [2.75, 3.05) is 23.4 Å². The van der Waals surface area contributed by atoms with Crippen LogP contribution < -0.4 is 9.80 Å². The van der Waals surface area contributed by atoms with Crippen molar-refractivity contribution in [1.82, 2.24) is 9.97 Å². The van der Waals surface area contributed by atoms with Crippen LogP contribution in [0.5, 0.6) is 0 Å². The second kappa shape index (κ2) is 6.27. The number of rotatable bonds is 3. The first-order valence-electron chi connectivity index (χ1n) is 8.59. The highest BCUT2D eigenvalue weighted by atomic mass is 35.5. The lowest BCUT2D eigenvalue weighted by Gasteiger charge is -2.37. The summed E-state index contributed by atoms with van der Waals surface area (Å²) in [6.45, 7) is 4.93. The Labute approximate surface area is 143 Å². The monoisotopic (exact) mass is 336 g/mol. The van der Waals surface area contributed by atoms with Gasteiger partial charge in [-0.2, -0.15) is 4.98 Å². The highest BCUT2D eigenvalue weighted by molar-refractivity contribution is 6.28. The van der Waals surface area contributed by atoms with Crippen molar-refractivity contribution < 1.29 is 4.79 Å². The van der Waals surface area contributed by atoms with E-state index in [4.69, 9.17) is 11.6 Å². The maximum Gasteiger partial charge on any atom is 0.234 e. The topological polar surface area (TPSA) is 49.3 Å². The van der Waals surface area contributed by atoms with Gasteiger partial charge in [-0.1, -0.05) is 26.7 Å². The third kappa shape index (κ3) is 2.69. The quantitative estimate of drug-likeness (QED) is 0.790. The summed E-state index contributed by atoms with van der Waals surface area (Å²) in [4.78, 5) is 25.8. The van der Waals surface area contributed by atoms with Gasteiger partial charge in [0.1, 0.15) is 5.69 Å². The molecule has 126 valence electrons. The first kappa shape index (κ1) is 16.5. The molecule has 0 saturated heterocycles. The van der Waals surface area contributed by atoms with E-state index in [2.05, 4.69) is 28.7 Å². The van der Waals surface area contributed by atoms with Gasteiger partial charge in [0, 0.05) is 19.6 Å². The lowest BCUT2D eigenvalue weighted by Crippen LogP contribution is -2.48. The molecule has 23 heavy (non-hydrogen) atoms. The molecule has 1 aliphatic heterocycles. The number of hydrogen-bond acceptors (Lipinski definition) is 4. The van der Waals surface area contributed by atoms with Crippen molar-refractivity contribution in [3.8, 4) is 0 Å². The molecule has 0 unspecified atom stereocenters. The molecular formula is C17H25ClN4O. The molecule has 1 aliphatic carbocycles. The van der Waals surface area contributed by atoms with Crippen molar-refractivity contribution >= 4 is 29.0 Å². The number of hydrogen-bond donors (Lipinski definition) is 0. The zero-order chi connectivity index (χ0) is 16.6. The zero-order valence-corrected chi connectivity index (χ0v) is 14.9. The molecule has 0 spiro atoms. The number of fused-ring (bicyclic) bond motifs is 1. The largest absolute Gasteiger partial charge is 0.351 e. The van der Waals surface area contributed by atoms with E-state index in [-0.39, 0.29) is 16.6 Å². The Morgan fingerprint density at radius 1 is 1.30 bits per heavy atom. The predicted molar refractivity (Wildman–Crippen MR) is 93.1 cm³/mol. The molecule has 0 N–H and O–H groups in total. The van der Waals surface area contributed by atoms with Gasteiger partial charge < -0.3 is 9.80 Å². The Balaban J connectivity index is 2.14. The third-order valence-electron chi connectivity index (χ3n) is 5.70. The summed E-state index contributed by atoms with van der Waals surface area (Å²) < 4.78 is 0. The van der Waals surface area contributed by atoms with E-state index in [1.807, 2.05) is 7.05 Å². The highest BCUT2D eigenvalue weighted by Crippen LogP contribution is 2.42.